The van der Waals surface area contributed by atoms with E-state index in [0.29, 0.717) is 13.0 Å². The number of ether oxygens (including phenoxy) is 2. The van der Waals surface area contributed by atoms with Crippen LogP contribution in [-0.2, 0) is 32.7 Å². The van der Waals surface area contributed by atoms with Gasteiger partial charge in [0, 0.05) is 13.0 Å². The third-order valence-electron chi connectivity index (χ3n) is 9.22. The van der Waals surface area contributed by atoms with Crippen LogP contribution in [0.4, 0.5) is 0 Å². The number of carboxylic acids is 1. The first-order valence-electron chi connectivity index (χ1n) is 22.5. The van der Waals surface area contributed by atoms with Crippen LogP contribution in [0.5, 0.6) is 0 Å². The molecule has 0 amide bonds. The normalized spacial score (nSPS) is 14.6. The van der Waals surface area contributed by atoms with Crippen molar-refractivity contribution in [3.63, 3.8) is 0 Å². The van der Waals surface area contributed by atoms with Crippen LogP contribution in [0.3, 0.4) is 0 Å². The molecule has 0 saturated carbocycles. The molecule has 0 aromatic heterocycles. The fourth-order valence-electron chi connectivity index (χ4n) is 5.74. The smallest absolute Gasteiger partial charge is 0.472 e. The van der Waals surface area contributed by atoms with E-state index >= 15 is 0 Å². The summed E-state index contributed by atoms with van der Waals surface area (Å²) in [4.78, 5) is 33.5. The summed E-state index contributed by atoms with van der Waals surface area (Å²) in [6.45, 7) is 3.70. The summed E-state index contributed by atoms with van der Waals surface area (Å²) < 4.78 is 33.3. The largest absolute Gasteiger partial charge is 0.480 e. The van der Waals surface area contributed by atoms with Crippen LogP contribution < -0.4 is 5.73 Å². The van der Waals surface area contributed by atoms with Crippen molar-refractivity contribution in [2.24, 2.45) is 5.73 Å². The molecule has 0 bridgehead atoms. The summed E-state index contributed by atoms with van der Waals surface area (Å²) in [6, 6.07) is -1.48. The van der Waals surface area contributed by atoms with Crippen molar-refractivity contribution in [1.29, 1.82) is 0 Å². The maximum Gasteiger partial charge on any atom is 0.472 e. The van der Waals surface area contributed by atoms with Crippen molar-refractivity contribution in [1.82, 2.24) is 0 Å². The zero-order valence-electron chi connectivity index (χ0n) is 36.4. The second-order valence-electron chi connectivity index (χ2n) is 14.8. The Labute approximate surface area is 353 Å². The monoisotopic (exact) mass is 836 g/mol. The summed E-state index contributed by atoms with van der Waals surface area (Å²) in [5, 5.41) is 8.89. The number of carbonyl (C=O) groups is 2. The molecule has 0 aromatic carbocycles. The molecule has 3 atom stereocenters. The molecule has 0 saturated heterocycles. The summed E-state index contributed by atoms with van der Waals surface area (Å²) in [5.41, 5.74) is 5.35. The zero-order valence-corrected chi connectivity index (χ0v) is 37.3. The Bertz CT molecular complexity index is 1200. The molecule has 10 nitrogen and oxygen atoms in total. The van der Waals surface area contributed by atoms with Gasteiger partial charge in [-0.15, -0.1) is 0 Å². The number of carbonyl (C=O) groups excluding carboxylic acids is 1. The van der Waals surface area contributed by atoms with Gasteiger partial charge < -0.3 is 25.2 Å². The maximum absolute atomic E-state index is 12.6. The van der Waals surface area contributed by atoms with Gasteiger partial charge in [0.15, 0.2) is 0 Å². The highest BCUT2D eigenvalue weighted by Crippen LogP contribution is 2.43. The Kier molecular flexibility index (Phi) is 40.6. The summed E-state index contributed by atoms with van der Waals surface area (Å²) >= 11 is 0. The molecule has 0 radical (unpaired) electrons. The Morgan fingerprint density at radius 3 is 1.52 bits per heavy atom. The van der Waals surface area contributed by atoms with Gasteiger partial charge in [0.05, 0.1) is 19.8 Å². The molecular weight excluding hydrogens is 753 g/mol. The van der Waals surface area contributed by atoms with Gasteiger partial charge in [-0.2, -0.15) is 0 Å². The Balaban J connectivity index is 4.19. The SMILES string of the molecule is CC/C=C\C/C=C\C/C=C\C/C=C\C/C=C\CCCCCCCCCCOCC(COP(=O)(O)OCC(N)C(=O)O)OC(=O)CCCCCCC/C=C\CCCCC. The average molecular weight is 836 g/mol. The predicted octanol–water partition coefficient (Wildman–Crippen LogP) is 12.6. The van der Waals surface area contributed by atoms with Gasteiger partial charge in [0.25, 0.3) is 0 Å². The molecule has 334 valence electrons. The Morgan fingerprint density at radius 1 is 0.569 bits per heavy atom. The number of rotatable bonds is 42. The minimum atomic E-state index is -4.62. The zero-order chi connectivity index (χ0) is 42.6. The second-order valence-corrected chi connectivity index (χ2v) is 16.2. The van der Waals surface area contributed by atoms with Crippen LogP contribution in [0.25, 0.3) is 0 Å². The molecule has 0 fully saturated rings. The van der Waals surface area contributed by atoms with E-state index in [4.69, 9.17) is 29.4 Å². The third kappa shape index (κ3) is 41.6. The molecule has 0 aliphatic rings. The standard InChI is InChI=1S/C47H82NO9P/c1-3-5-7-9-11-13-15-17-18-19-20-21-22-23-24-25-26-27-28-30-32-34-36-38-40-54-41-44(42-55-58(52,53)56-43-45(48)47(50)51)57-46(49)39-37-35-33-31-29-16-14-12-10-8-6-4-2/h5,7,11-14,17-18,20-21,23-24,44-45H,3-4,6,8-10,15-16,19,22,25-43,48H2,1-2H3,(H,50,51)(H,52,53)/b7-5-,13-11-,14-12-,18-17-,21-20-,24-23-. The van der Waals surface area contributed by atoms with Crippen molar-refractivity contribution in [2.45, 2.75) is 187 Å². The number of nitrogens with two attached hydrogens (primary N) is 1. The van der Waals surface area contributed by atoms with Gasteiger partial charge in [0.2, 0.25) is 0 Å². The Morgan fingerprint density at radius 2 is 1.00 bits per heavy atom. The molecule has 0 aliphatic heterocycles. The highest BCUT2D eigenvalue weighted by atomic mass is 31.2. The first kappa shape index (κ1) is 55.4. The van der Waals surface area contributed by atoms with Crippen LogP contribution >= 0.6 is 7.82 Å². The Hall–Kier alpha value is -2.59. The lowest BCUT2D eigenvalue weighted by molar-refractivity contribution is -0.154. The lowest BCUT2D eigenvalue weighted by Crippen LogP contribution is -2.34. The van der Waals surface area contributed by atoms with E-state index < -0.39 is 45.1 Å². The van der Waals surface area contributed by atoms with Crippen molar-refractivity contribution in [3.05, 3.63) is 72.9 Å². The lowest BCUT2D eigenvalue weighted by atomic mass is 10.1. The quantitative estimate of drug-likeness (QED) is 0.0234. The molecule has 0 aliphatic carbocycles. The third-order valence-corrected chi connectivity index (χ3v) is 10.2. The van der Waals surface area contributed by atoms with E-state index in [1.807, 2.05) is 0 Å². The number of allylic oxidation sites excluding steroid dienone is 12. The fourth-order valence-corrected chi connectivity index (χ4v) is 6.52. The number of esters is 1. The molecule has 0 spiro atoms. The molecule has 0 heterocycles. The number of aliphatic carboxylic acids is 1. The molecule has 11 heteroatoms. The number of hydrogen-bond acceptors (Lipinski definition) is 8. The average Bonchev–Trinajstić information content (AvgIpc) is 3.20. The van der Waals surface area contributed by atoms with Crippen molar-refractivity contribution < 1.29 is 42.7 Å². The number of hydrogen-bond donors (Lipinski definition) is 3. The van der Waals surface area contributed by atoms with Gasteiger partial charge in [-0.25, -0.2) is 4.57 Å². The number of phosphoric acid groups is 1. The highest BCUT2D eigenvalue weighted by molar-refractivity contribution is 7.47. The van der Waals surface area contributed by atoms with Crippen LogP contribution in [-0.4, -0.2) is 60.5 Å². The van der Waals surface area contributed by atoms with E-state index in [0.717, 1.165) is 96.3 Å². The minimum Gasteiger partial charge on any atom is -0.480 e. The first-order valence-corrected chi connectivity index (χ1v) is 24.0. The van der Waals surface area contributed by atoms with Gasteiger partial charge in [-0.05, 0) is 83.5 Å². The van der Waals surface area contributed by atoms with Crippen molar-refractivity contribution in [2.75, 3.05) is 26.4 Å². The summed E-state index contributed by atoms with van der Waals surface area (Å²) in [7, 11) is -4.62. The maximum atomic E-state index is 12.6. The van der Waals surface area contributed by atoms with E-state index in [-0.39, 0.29) is 13.0 Å². The van der Waals surface area contributed by atoms with Crippen molar-refractivity contribution >= 4 is 19.8 Å². The van der Waals surface area contributed by atoms with E-state index in [9.17, 15) is 19.0 Å². The molecule has 3 unspecified atom stereocenters. The minimum absolute atomic E-state index is 0.00420. The summed E-state index contributed by atoms with van der Waals surface area (Å²) in [5.74, 6) is -1.80. The van der Waals surface area contributed by atoms with Gasteiger partial charge >= 0.3 is 19.8 Å². The van der Waals surface area contributed by atoms with Gasteiger partial charge in [0.1, 0.15) is 12.1 Å². The van der Waals surface area contributed by atoms with Crippen molar-refractivity contribution in [3.8, 4) is 0 Å². The van der Waals surface area contributed by atoms with Crippen LogP contribution in [0.1, 0.15) is 174 Å². The number of unbranched alkanes of at least 4 members (excludes halogenated alkanes) is 16. The van der Waals surface area contributed by atoms with Crippen LogP contribution in [0.15, 0.2) is 72.9 Å². The van der Waals surface area contributed by atoms with Gasteiger partial charge in [-0.3, -0.25) is 18.6 Å². The predicted molar refractivity (Wildman–Crippen MR) is 240 cm³/mol. The molecule has 0 rings (SSSR count). The first-order chi connectivity index (χ1) is 28.2. The van der Waals surface area contributed by atoms with E-state index in [1.165, 1.54) is 51.4 Å². The topological polar surface area (TPSA) is 155 Å². The highest BCUT2D eigenvalue weighted by Gasteiger charge is 2.27. The lowest BCUT2D eigenvalue weighted by Gasteiger charge is -2.20. The number of phosphoric ester groups is 1. The fraction of sp³-hybridized carbons (Fsp3) is 0.702. The van der Waals surface area contributed by atoms with Crippen LogP contribution in [0, 0.1) is 0 Å². The molecule has 58 heavy (non-hydrogen) atoms. The molecule has 4 N–H and O–H groups in total. The second kappa shape index (κ2) is 42.5. The van der Waals surface area contributed by atoms with E-state index in [1.54, 1.807) is 0 Å². The van der Waals surface area contributed by atoms with Crippen LogP contribution in [0.2, 0.25) is 0 Å². The molecular formula is C47H82NO9P. The van der Waals surface area contributed by atoms with E-state index in [2.05, 4.69) is 86.8 Å². The van der Waals surface area contributed by atoms with Gasteiger partial charge in [-0.1, -0.05) is 157 Å². The molecule has 0 aromatic rings. The number of carboxylic acid groups (broad SMARTS) is 1. The summed E-state index contributed by atoms with van der Waals surface area (Å²) in [6.07, 6.45) is 52.4.